The van der Waals surface area contributed by atoms with Gasteiger partial charge in [-0.15, -0.1) is 20.4 Å². The molecule has 0 aliphatic carbocycles. The van der Waals surface area contributed by atoms with Crippen LogP contribution in [0.4, 0.5) is 0 Å². The minimum absolute atomic E-state index is 0.0122. The first-order chi connectivity index (χ1) is 24.1. The summed E-state index contributed by atoms with van der Waals surface area (Å²) in [6.45, 7) is 3.97. The number of nitrogens with zero attached hydrogens (tertiary/aromatic N) is 8. The molecule has 2 saturated heterocycles. The minimum Gasteiger partial charge on any atom is -0.491 e. The van der Waals surface area contributed by atoms with Gasteiger partial charge in [-0.2, -0.15) is 9.59 Å². The summed E-state index contributed by atoms with van der Waals surface area (Å²) in [7, 11) is 0. The van der Waals surface area contributed by atoms with Crippen LogP contribution in [0.1, 0.15) is 25.7 Å². The van der Waals surface area contributed by atoms with Crippen LogP contribution in [0, 0.1) is 0 Å². The molecule has 17 heteroatoms. The van der Waals surface area contributed by atoms with Crippen molar-refractivity contribution in [3.05, 3.63) is 48.5 Å². The highest BCUT2D eigenvalue weighted by Crippen LogP contribution is 2.20. The van der Waals surface area contributed by atoms with Crippen LogP contribution < -0.4 is 20.1 Å². The van der Waals surface area contributed by atoms with Crippen molar-refractivity contribution in [1.29, 1.82) is 0 Å². The Balaban J connectivity index is 0.827. The standard InChI is InChI=1S/C32H40N10O7/c43-29(33-19-27-3-1-13-46-27)21-41-37-31(35-39-41)23-5-9-25(10-6-23)48-17-15-45-16-18-49-26-11-7-24(8-12-26)32-36-40-42(38-32)22-30(44)34-20-28-4-2-14-47-28/h5-12,27-28H,1-4,13-22H2,(H,33,43)(H,34,44). The SMILES string of the molecule is O=C(Cn1nnc(-c2ccc(OCCOCCOc3ccc(-c4nnn(CC(=O)NCC5CCCO5)n4)cc3)cc2)n1)NCC1CCCO1. The van der Waals surface area contributed by atoms with E-state index in [0.29, 0.717) is 62.7 Å². The smallest absolute Gasteiger partial charge is 0.243 e. The van der Waals surface area contributed by atoms with Crippen molar-refractivity contribution in [1.82, 2.24) is 51.0 Å². The molecule has 4 aromatic rings. The second-order valence-corrected chi connectivity index (χ2v) is 11.5. The van der Waals surface area contributed by atoms with Crippen LogP contribution in [0.25, 0.3) is 22.8 Å². The highest BCUT2D eigenvalue weighted by Gasteiger charge is 2.18. The third-order valence-electron chi connectivity index (χ3n) is 7.80. The van der Waals surface area contributed by atoms with Crippen molar-refractivity contribution in [2.75, 3.05) is 52.7 Å². The van der Waals surface area contributed by atoms with Crippen LogP contribution in [-0.4, -0.2) is 117 Å². The van der Waals surface area contributed by atoms with E-state index in [4.69, 9.17) is 23.7 Å². The Labute approximate surface area is 282 Å². The molecule has 2 fully saturated rings. The van der Waals surface area contributed by atoms with Crippen molar-refractivity contribution in [2.45, 2.75) is 51.0 Å². The second kappa shape index (κ2) is 17.4. The van der Waals surface area contributed by atoms with E-state index in [9.17, 15) is 9.59 Å². The number of nitrogens with one attached hydrogen (secondary N) is 2. The molecule has 2 aromatic carbocycles. The molecular formula is C32H40N10O7. The highest BCUT2D eigenvalue weighted by atomic mass is 16.5. The largest absolute Gasteiger partial charge is 0.491 e. The van der Waals surface area contributed by atoms with E-state index in [0.717, 1.165) is 50.0 Å². The highest BCUT2D eigenvalue weighted by molar-refractivity contribution is 5.76. The number of carbonyl (C=O) groups is 2. The van der Waals surface area contributed by atoms with Gasteiger partial charge in [-0.3, -0.25) is 9.59 Å². The normalized spacial score (nSPS) is 17.2. The average Bonchev–Trinajstić information content (AvgIpc) is 3.96. The lowest BCUT2D eigenvalue weighted by atomic mass is 10.2. The van der Waals surface area contributed by atoms with Gasteiger partial charge < -0.3 is 34.3 Å². The van der Waals surface area contributed by atoms with Gasteiger partial charge in [0.1, 0.15) is 37.8 Å². The number of hydrogen-bond acceptors (Lipinski definition) is 13. The number of benzene rings is 2. The number of aromatic nitrogens is 8. The monoisotopic (exact) mass is 676 g/mol. The lowest BCUT2D eigenvalue weighted by Crippen LogP contribution is -2.34. The van der Waals surface area contributed by atoms with Crippen LogP contribution in [-0.2, 0) is 36.9 Å². The fourth-order valence-electron chi connectivity index (χ4n) is 5.23. The molecule has 2 aliphatic heterocycles. The average molecular weight is 677 g/mol. The second-order valence-electron chi connectivity index (χ2n) is 11.5. The Kier molecular flexibility index (Phi) is 12.0. The fourth-order valence-corrected chi connectivity index (χ4v) is 5.23. The molecule has 260 valence electrons. The molecule has 0 saturated carbocycles. The number of carbonyl (C=O) groups excluding carboxylic acids is 2. The molecule has 6 rings (SSSR count). The van der Waals surface area contributed by atoms with Crippen molar-refractivity contribution in [2.24, 2.45) is 0 Å². The Morgan fingerprint density at radius 2 is 1.12 bits per heavy atom. The van der Waals surface area contributed by atoms with E-state index in [1.54, 1.807) is 0 Å². The summed E-state index contributed by atoms with van der Waals surface area (Å²) in [5.74, 6) is 1.82. The number of ether oxygens (including phenoxy) is 5. The topological polar surface area (TPSA) is 192 Å². The maximum absolute atomic E-state index is 12.2. The number of tetrazole rings is 2. The Hall–Kier alpha value is -5.00. The minimum atomic E-state index is -0.187. The van der Waals surface area contributed by atoms with Crippen LogP contribution in [0.3, 0.4) is 0 Å². The van der Waals surface area contributed by atoms with Crippen molar-refractivity contribution in [3.8, 4) is 34.3 Å². The molecule has 2 amide bonds. The van der Waals surface area contributed by atoms with Gasteiger partial charge in [0.05, 0.1) is 25.4 Å². The predicted molar refractivity (Wildman–Crippen MR) is 172 cm³/mol. The van der Waals surface area contributed by atoms with E-state index in [1.165, 1.54) is 9.59 Å². The third-order valence-corrected chi connectivity index (χ3v) is 7.80. The summed E-state index contributed by atoms with van der Waals surface area (Å²) in [5, 5.41) is 30.4. The quantitative estimate of drug-likeness (QED) is 0.142. The van der Waals surface area contributed by atoms with Crippen molar-refractivity contribution < 1.29 is 33.3 Å². The van der Waals surface area contributed by atoms with Gasteiger partial charge in [0.2, 0.25) is 23.5 Å². The lowest BCUT2D eigenvalue weighted by Gasteiger charge is -2.10. The van der Waals surface area contributed by atoms with Gasteiger partial charge >= 0.3 is 0 Å². The zero-order valence-corrected chi connectivity index (χ0v) is 27.1. The molecular weight excluding hydrogens is 636 g/mol. The summed E-state index contributed by atoms with van der Waals surface area (Å²) in [4.78, 5) is 26.9. The van der Waals surface area contributed by atoms with Crippen LogP contribution >= 0.6 is 0 Å². The molecule has 2 unspecified atom stereocenters. The first-order valence-electron chi connectivity index (χ1n) is 16.4. The van der Waals surface area contributed by atoms with Gasteiger partial charge in [-0.25, -0.2) is 0 Å². The summed E-state index contributed by atoms with van der Waals surface area (Å²) in [6.07, 6.45) is 4.13. The summed E-state index contributed by atoms with van der Waals surface area (Å²) < 4.78 is 28.2. The Bertz CT molecular complexity index is 1500. The molecule has 0 bridgehead atoms. The van der Waals surface area contributed by atoms with Crippen molar-refractivity contribution >= 4 is 11.8 Å². The maximum Gasteiger partial charge on any atom is 0.243 e. The first kappa shape index (κ1) is 33.9. The van der Waals surface area contributed by atoms with E-state index in [1.807, 2.05) is 48.5 Å². The molecule has 2 atom stereocenters. The van der Waals surface area contributed by atoms with Gasteiger partial charge in [-0.05, 0) is 84.6 Å². The molecule has 2 aromatic heterocycles. The molecule has 49 heavy (non-hydrogen) atoms. The predicted octanol–water partition coefficient (Wildman–Crippen LogP) is 1.06. The summed E-state index contributed by atoms with van der Waals surface area (Å²) in [6, 6.07) is 14.6. The zero-order chi connectivity index (χ0) is 33.7. The van der Waals surface area contributed by atoms with Gasteiger partial charge in [0.15, 0.2) is 0 Å². The van der Waals surface area contributed by atoms with E-state index >= 15 is 0 Å². The van der Waals surface area contributed by atoms with Crippen LogP contribution in [0.15, 0.2) is 48.5 Å². The fraction of sp³-hybridized carbons (Fsp3) is 0.500. The van der Waals surface area contributed by atoms with Crippen LogP contribution in [0.5, 0.6) is 11.5 Å². The first-order valence-corrected chi connectivity index (χ1v) is 16.4. The third kappa shape index (κ3) is 10.5. The summed E-state index contributed by atoms with van der Waals surface area (Å²) in [5.41, 5.74) is 1.51. The van der Waals surface area contributed by atoms with E-state index < -0.39 is 0 Å². The Morgan fingerprint density at radius 3 is 1.53 bits per heavy atom. The van der Waals surface area contributed by atoms with Gasteiger partial charge in [0.25, 0.3) is 0 Å². The molecule has 2 N–H and O–H groups in total. The lowest BCUT2D eigenvalue weighted by molar-refractivity contribution is -0.123. The Morgan fingerprint density at radius 1 is 0.673 bits per heavy atom. The summed E-state index contributed by atoms with van der Waals surface area (Å²) >= 11 is 0. The number of rotatable bonds is 18. The molecule has 4 heterocycles. The molecule has 2 aliphatic rings. The number of hydrogen-bond donors (Lipinski definition) is 2. The van der Waals surface area contributed by atoms with E-state index in [-0.39, 0.29) is 37.1 Å². The maximum atomic E-state index is 12.2. The zero-order valence-electron chi connectivity index (χ0n) is 27.1. The molecule has 0 radical (unpaired) electrons. The number of amides is 2. The molecule has 0 spiro atoms. The van der Waals surface area contributed by atoms with Crippen LogP contribution in [0.2, 0.25) is 0 Å². The molecule has 17 nitrogen and oxygen atoms in total. The van der Waals surface area contributed by atoms with E-state index in [2.05, 4.69) is 41.5 Å². The van der Waals surface area contributed by atoms with Gasteiger partial charge in [0, 0.05) is 37.4 Å². The van der Waals surface area contributed by atoms with Gasteiger partial charge in [-0.1, -0.05) is 0 Å². The van der Waals surface area contributed by atoms with Crippen molar-refractivity contribution in [3.63, 3.8) is 0 Å².